The number of hydrogen-bond acceptors (Lipinski definition) is 6. The number of nitriles is 1. The van der Waals surface area contributed by atoms with Gasteiger partial charge in [0.1, 0.15) is 6.07 Å². The van der Waals surface area contributed by atoms with Gasteiger partial charge in [-0.25, -0.2) is 17.4 Å². The molecular weight excluding hydrogens is 474 g/mol. The molecule has 3 aromatic heterocycles. The standard InChI is InChI=1S/C24H22ClN5O3S/c1-16-2-4-20(5-3-16)34(31,32)30-22(10-21-23(25)18(11-26)12-27-24(21)30)19-13-28-29(15-19)14-17-6-8-33-9-7-17/h2-5,10,12-13,15,17H,6-9,14H2,1H3. The quantitative estimate of drug-likeness (QED) is 0.406. The van der Waals surface area contributed by atoms with E-state index in [9.17, 15) is 13.7 Å². The maximum absolute atomic E-state index is 13.8. The Morgan fingerprint density at radius 3 is 2.65 bits per heavy atom. The van der Waals surface area contributed by atoms with Crippen molar-refractivity contribution in [2.24, 2.45) is 5.92 Å². The van der Waals surface area contributed by atoms with Crippen molar-refractivity contribution in [1.29, 1.82) is 5.26 Å². The van der Waals surface area contributed by atoms with E-state index in [0.29, 0.717) is 22.6 Å². The molecule has 1 fully saturated rings. The van der Waals surface area contributed by atoms with Gasteiger partial charge in [0.2, 0.25) is 0 Å². The number of aryl methyl sites for hydroxylation is 1. The van der Waals surface area contributed by atoms with Gasteiger partial charge in [-0.2, -0.15) is 10.4 Å². The van der Waals surface area contributed by atoms with Gasteiger partial charge >= 0.3 is 0 Å². The van der Waals surface area contributed by atoms with E-state index in [1.165, 1.54) is 10.2 Å². The Labute approximate surface area is 202 Å². The number of benzene rings is 1. The molecule has 1 saturated heterocycles. The van der Waals surface area contributed by atoms with E-state index in [4.69, 9.17) is 16.3 Å². The lowest BCUT2D eigenvalue weighted by Crippen LogP contribution is -2.20. The molecule has 5 rings (SSSR count). The molecule has 0 unspecified atom stereocenters. The Bertz CT molecular complexity index is 1510. The van der Waals surface area contributed by atoms with Crippen LogP contribution in [0.1, 0.15) is 24.0 Å². The fourth-order valence-electron chi connectivity index (χ4n) is 4.22. The first-order chi connectivity index (χ1) is 16.4. The second kappa shape index (κ2) is 8.87. The first-order valence-electron chi connectivity index (χ1n) is 10.9. The van der Waals surface area contributed by atoms with E-state index in [1.807, 2.05) is 23.9 Å². The molecule has 0 saturated carbocycles. The van der Waals surface area contributed by atoms with Gasteiger partial charge in [-0.1, -0.05) is 29.3 Å². The van der Waals surface area contributed by atoms with Crippen molar-refractivity contribution in [1.82, 2.24) is 18.7 Å². The molecule has 4 heterocycles. The molecule has 0 radical (unpaired) electrons. The Hall–Kier alpha value is -3.19. The topological polar surface area (TPSA) is 103 Å². The average molecular weight is 496 g/mol. The van der Waals surface area contributed by atoms with E-state index in [1.54, 1.807) is 36.5 Å². The summed E-state index contributed by atoms with van der Waals surface area (Å²) >= 11 is 6.46. The van der Waals surface area contributed by atoms with Crippen LogP contribution in [0.5, 0.6) is 0 Å². The minimum absolute atomic E-state index is 0.133. The van der Waals surface area contributed by atoms with Gasteiger partial charge in [0.05, 0.1) is 27.4 Å². The summed E-state index contributed by atoms with van der Waals surface area (Å²) < 4.78 is 36.0. The predicted octanol–water partition coefficient (Wildman–Crippen LogP) is 4.40. The highest BCUT2D eigenvalue weighted by atomic mass is 35.5. The summed E-state index contributed by atoms with van der Waals surface area (Å²) in [4.78, 5) is 4.44. The zero-order chi connectivity index (χ0) is 23.9. The van der Waals surface area contributed by atoms with E-state index in [-0.39, 0.29) is 21.1 Å². The van der Waals surface area contributed by atoms with Crippen LogP contribution in [0.4, 0.5) is 0 Å². The van der Waals surface area contributed by atoms with Crippen molar-refractivity contribution in [2.45, 2.75) is 31.2 Å². The summed E-state index contributed by atoms with van der Waals surface area (Å²) in [5.74, 6) is 0.456. The SMILES string of the molecule is Cc1ccc(S(=O)(=O)n2c(-c3cnn(CC4CCOCC4)c3)cc3c(Cl)c(C#N)cnc32)cc1. The van der Waals surface area contributed by atoms with Crippen molar-refractivity contribution in [3.8, 4) is 17.3 Å². The molecule has 0 bridgehead atoms. The van der Waals surface area contributed by atoms with Crippen LogP contribution >= 0.6 is 11.6 Å². The van der Waals surface area contributed by atoms with Gasteiger partial charge < -0.3 is 4.74 Å². The number of nitrogens with zero attached hydrogens (tertiary/aromatic N) is 5. The summed E-state index contributed by atoms with van der Waals surface area (Å²) in [5.41, 5.74) is 2.30. The van der Waals surface area contributed by atoms with Gasteiger partial charge in [-0.15, -0.1) is 0 Å². The smallest absolute Gasteiger partial charge is 0.269 e. The van der Waals surface area contributed by atoms with Crippen molar-refractivity contribution >= 4 is 32.7 Å². The van der Waals surface area contributed by atoms with Crippen LogP contribution in [-0.4, -0.2) is 40.4 Å². The van der Waals surface area contributed by atoms with Crippen LogP contribution in [0.15, 0.2) is 53.8 Å². The third kappa shape index (κ3) is 3.98. The number of halogens is 1. The molecule has 0 amide bonds. The summed E-state index contributed by atoms with van der Waals surface area (Å²) in [6, 6.07) is 10.3. The van der Waals surface area contributed by atoms with Crippen molar-refractivity contribution in [3.05, 3.63) is 65.1 Å². The van der Waals surface area contributed by atoms with Gasteiger partial charge in [-0.05, 0) is 43.9 Å². The molecule has 10 heteroatoms. The Morgan fingerprint density at radius 1 is 1.21 bits per heavy atom. The lowest BCUT2D eigenvalue weighted by molar-refractivity contribution is 0.0601. The Kier molecular flexibility index (Phi) is 5.90. The summed E-state index contributed by atoms with van der Waals surface area (Å²) in [7, 11) is -4.01. The summed E-state index contributed by atoms with van der Waals surface area (Å²) in [6.45, 7) is 4.11. The maximum Gasteiger partial charge on any atom is 0.269 e. The van der Waals surface area contributed by atoms with Gasteiger partial charge in [0, 0.05) is 43.1 Å². The van der Waals surface area contributed by atoms with Gasteiger partial charge in [0.25, 0.3) is 10.0 Å². The second-order valence-electron chi connectivity index (χ2n) is 8.45. The first kappa shape index (κ1) is 22.6. The molecule has 8 nitrogen and oxygen atoms in total. The average Bonchev–Trinajstić information content (AvgIpc) is 3.46. The molecule has 4 aromatic rings. The largest absolute Gasteiger partial charge is 0.381 e. The van der Waals surface area contributed by atoms with Crippen LogP contribution < -0.4 is 0 Å². The molecule has 1 aliphatic heterocycles. The van der Waals surface area contributed by atoms with Gasteiger partial charge in [0.15, 0.2) is 5.65 Å². The second-order valence-corrected chi connectivity index (χ2v) is 10.6. The van der Waals surface area contributed by atoms with Crippen LogP contribution in [0.25, 0.3) is 22.3 Å². The van der Waals surface area contributed by atoms with Crippen LogP contribution in [0.3, 0.4) is 0 Å². The number of ether oxygens (including phenoxy) is 1. The number of rotatable bonds is 5. The molecule has 0 spiro atoms. The highest BCUT2D eigenvalue weighted by Crippen LogP contribution is 2.35. The lowest BCUT2D eigenvalue weighted by atomic mass is 10.0. The number of fused-ring (bicyclic) bond motifs is 1. The van der Waals surface area contributed by atoms with Crippen molar-refractivity contribution < 1.29 is 13.2 Å². The van der Waals surface area contributed by atoms with Crippen LogP contribution in [0, 0.1) is 24.2 Å². The third-order valence-electron chi connectivity index (χ3n) is 6.12. The minimum atomic E-state index is -4.01. The molecule has 174 valence electrons. The van der Waals surface area contributed by atoms with Crippen molar-refractivity contribution in [2.75, 3.05) is 13.2 Å². The number of pyridine rings is 1. The molecule has 0 N–H and O–H groups in total. The Balaban J connectivity index is 1.66. The van der Waals surface area contributed by atoms with E-state index < -0.39 is 10.0 Å². The number of aromatic nitrogens is 4. The zero-order valence-corrected chi connectivity index (χ0v) is 20.1. The number of hydrogen-bond donors (Lipinski definition) is 0. The fraction of sp³-hybridized carbons (Fsp3) is 0.292. The molecular formula is C24H22ClN5O3S. The van der Waals surface area contributed by atoms with Crippen LogP contribution in [0.2, 0.25) is 5.02 Å². The van der Waals surface area contributed by atoms with Gasteiger partial charge in [-0.3, -0.25) is 4.68 Å². The summed E-state index contributed by atoms with van der Waals surface area (Å²) in [6.07, 6.45) is 6.71. The lowest BCUT2D eigenvalue weighted by Gasteiger charge is -2.21. The molecule has 1 aromatic carbocycles. The summed E-state index contributed by atoms with van der Waals surface area (Å²) in [5, 5.41) is 14.4. The zero-order valence-electron chi connectivity index (χ0n) is 18.5. The van der Waals surface area contributed by atoms with Crippen LogP contribution in [-0.2, 0) is 21.3 Å². The minimum Gasteiger partial charge on any atom is -0.381 e. The molecule has 34 heavy (non-hydrogen) atoms. The molecule has 1 aliphatic rings. The van der Waals surface area contributed by atoms with E-state index in [2.05, 4.69) is 10.1 Å². The third-order valence-corrected chi connectivity index (χ3v) is 8.24. The Morgan fingerprint density at radius 2 is 1.94 bits per heavy atom. The van der Waals surface area contributed by atoms with E-state index in [0.717, 1.165) is 38.2 Å². The fourth-order valence-corrected chi connectivity index (χ4v) is 5.93. The highest BCUT2D eigenvalue weighted by Gasteiger charge is 2.27. The maximum atomic E-state index is 13.8. The normalized spacial score (nSPS) is 15.0. The van der Waals surface area contributed by atoms with Crippen molar-refractivity contribution in [3.63, 3.8) is 0 Å². The first-order valence-corrected chi connectivity index (χ1v) is 12.7. The predicted molar refractivity (Wildman–Crippen MR) is 128 cm³/mol. The van der Waals surface area contributed by atoms with E-state index >= 15 is 0 Å². The monoisotopic (exact) mass is 495 g/mol. The highest BCUT2D eigenvalue weighted by molar-refractivity contribution is 7.90. The molecule has 0 aliphatic carbocycles. The molecule has 0 atom stereocenters.